The molecule has 5 heteroatoms. The predicted octanol–water partition coefficient (Wildman–Crippen LogP) is 3.43. The first-order valence-corrected chi connectivity index (χ1v) is 5.63. The molecule has 2 aromatic rings. The van der Waals surface area contributed by atoms with E-state index in [0.717, 1.165) is 5.69 Å². The molecule has 3 nitrogen and oxygen atoms in total. The van der Waals surface area contributed by atoms with Crippen LogP contribution in [0.1, 0.15) is 16.1 Å². The van der Waals surface area contributed by atoms with Gasteiger partial charge in [0.1, 0.15) is 5.82 Å². The van der Waals surface area contributed by atoms with E-state index in [4.69, 9.17) is 11.6 Å². The summed E-state index contributed by atoms with van der Waals surface area (Å²) in [7, 11) is 0. The predicted molar refractivity (Wildman–Crippen MR) is 68.3 cm³/mol. The van der Waals surface area contributed by atoms with Gasteiger partial charge in [0.2, 0.25) is 0 Å². The molecule has 18 heavy (non-hydrogen) atoms. The fourth-order valence-corrected chi connectivity index (χ4v) is 1.75. The van der Waals surface area contributed by atoms with Gasteiger partial charge in [0.15, 0.2) is 0 Å². The van der Waals surface area contributed by atoms with Crippen LogP contribution >= 0.6 is 11.6 Å². The van der Waals surface area contributed by atoms with Crippen LogP contribution in [0, 0.1) is 12.7 Å². The van der Waals surface area contributed by atoms with Crippen LogP contribution in [0.2, 0.25) is 5.02 Å². The number of benzene rings is 1. The Morgan fingerprint density at radius 2 is 2.17 bits per heavy atom. The number of carbonyl (C=O) groups is 1. The highest BCUT2D eigenvalue weighted by atomic mass is 35.5. The molecule has 1 aromatic carbocycles. The van der Waals surface area contributed by atoms with E-state index in [9.17, 15) is 9.18 Å². The van der Waals surface area contributed by atoms with Gasteiger partial charge in [0.25, 0.3) is 5.91 Å². The third-order valence-electron chi connectivity index (χ3n) is 2.32. The first-order valence-electron chi connectivity index (χ1n) is 5.25. The van der Waals surface area contributed by atoms with E-state index in [-0.39, 0.29) is 5.56 Å². The monoisotopic (exact) mass is 264 g/mol. The van der Waals surface area contributed by atoms with Crippen molar-refractivity contribution in [2.24, 2.45) is 0 Å². The molecule has 0 spiro atoms. The van der Waals surface area contributed by atoms with Crippen molar-refractivity contribution in [1.29, 1.82) is 0 Å². The van der Waals surface area contributed by atoms with Crippen LogP contribution in [-0.4, -0.2) is 10.9 Å². The number of nitrogens with zero attached hydrogens (tertiary/aromatic N) is 1. The maximum absolute atomic E-state index is 13.0. The molecule has 92 valence electrons. The van der Waals surface area contributed by atoms with Gasteiger partial charge in [-0.3, -0.25) is 9.78 Å². The van der Waals surface area contributed by atoms with E-state index in [1.807, 2.05) is 0 Å². The number of amides is 1. The summed E-state index contributed by atoms with van der Waals surface area (Å²) in [6, 6.07) is 7.24. The molecular weight excluding hydrogens is 255 g/mol. The molecule has 0 saturated heterocycles. The van der Waals surface area contributed by atoms with Gasteiger partial charge in [0, 0.05) is 17.6 Å². The Labute approximate surface area is 109 Å². The SMILES string of the molecule is Cc1cc(Cl)c(C(=O)Nc2cccc(F)c2)cn1. The Kier molecular flexibility index (Phi) is 3.58. The van der Waals surface area contributed by atoms with Gasteiger partial charge in [-0.1, -0.05) is 17.7 Å². The van der Waals surface area contributed by atoms with Crippen molar-refractivity contribution >= 4 is 23.2 Å². The fraction of sp³-hybridized carbons (Fsp3) is 0.0769. The summed E-state index contributed by atoms with van der Waals surface area (Å²) >= 11 is 5.95. The molecular formula is C13H10ClFN2O. The van der Waals surface area contributed by atoms with Crippen LogP contribution in [0.3, 0.4) is 0 Å². The molecule has 0 fully saturated rings. The number of anilines is 1. The molecule has 1 heterocycles. The Balaban J connectivity index is 2.22. The normalized spacial score (nSPS) is 10.2. The summed E-state index contributed by atoms with van der Waals surface area (Å²) in [5, 5.41) is 2.87. The van der Waals surface area contributed by atoms with Crippen molar-refractivity contribution in [3.8, 4) is 0 Å². The number of nitrogens with one attached hydrogen (secondary N) is 1. The molecule has 1 amide bonds. The lowest BCUT2D eigenvalue weighted by molar-refractivity contribution is 0.102. The summed E-state index contributed by atoms with van der Waals surface area (Å²) in [6.45, 7) is 1.78. The molecule has 2 rings (SSSR count). The van der Waals surface area contributed by atoms with E-state index in [1.54, 1.807) is 19.1 Å². The van der Waals surface area contributed by atoms with Crippen LogP contribution in [0.15, 0.2) is 36.5 Å². The average Bonchev–Trinajstić information content (AvgIpc) is 2.28. The largest absolute Gasteiger partial charge is 0.322 e. The first-order chi connectivity index (χ1) is 8.56. The van der Waals surface area contributed by atoms with Gasteiger partial charge in [-0.2, -0.15) is 0 Å². The lowest BCUT2D eigenvalue weighted by Gasteiger charge is -2.06. The standard InChI is InChI=1S/C13H10ClFN2O/c1-8-5-12(14)11(7-16-8)13(18)17-10-4-2-3-9(15)6-10/h2-7H,1H3,(H,17,18). The second-order valence-corrected chi connectivity index (χ2v) is 4.18. The van der Waals surface area contributed by atoms with Crippen LogP contribution < -0.4 is 5.32 Å². The van der Waals surface area contributed by atoms with Gasteiger partial charge in [0.05, 0.1) is 10.6 Å². The fourth-order valence-electron chi connectivity index (χ4n) is 1.46. The molecule has 1 aromatic heterocycles. The number of halogens is 2. The highest BCUT2D eigenvalue weighted by Crippen LogP contribution is 2.18. The average molecular weight is 265 g/mol. The molecule has 0 atom stereocenters. The summed E-state index contributed by atoms with van der Waals surface area (Å²) in [5.41, 5.74) is 1.35. The molecule has 0 unspecified atom stereocenters. The van der Waals surface area contributed by atoms with Crippen LogP contribution in [0.5, 0.6) is 0 Å². The number of carbonyl (C=O) groups excluding carboxylic acids is 1. The quantitative estimate of drug-likeness (QED) is 0.903. The van der Waals surface area contributed by atoms with Crippen molar-refractivity contribution in [2.45, 2.75) is 6.92 Å². The second kappa shape index (κ2) is 5.14. The highest BCUT2D eigenvalue weighted by Gasteiger charge is 2.11. The van der Waals surface area contributed by atoms with Crippen molar-refractivity contribution in [3.63, 3.8) is 0 Å². The Morgan fingerprint density at radius 3 is 2.83 bits per heavy atom. The minimum atomic E-state index is -0.418. The Bertz CT molecular complexity index is 601. The zero-order valence-corrected chi connectivity index (χ0v) is 10.3. The van der Waals surface area contributed by atoms with Crippen molar-refractivity contribution < 1.29 is 9.18 Å². The zero-order chi connectivity index (χ0) is 13.1. The van der Waals surface area contributed by atoms with Crippen molar-refractivity contribution in [2.75, 3.05) is 5.32 Å². The van der Waals surface area contributed by atoms with Gasteiger partial charge in [-0.15, -0.1) is 0 Å². The summed E-state index contributed by atoms with van der Waals surface area (Å²) in [6.07, 6.45) is 1.40. The topological polar surface area (TPSA) is 42.0 Å². The van der Waals surface area contributed by atoms with Gasteiger partial charge < -0.3 is 5.32 Å². The number of rotatable bonds is 2. The van der Waals surface area contributed by atoms with E-state index in [2.05, 4.69) is 10.3 Å². The van der Waals surface area contributed by atoms with Crippen LogP contribution in [0.4, 0.5) is 10.1 Å². The third-order valence-corrected chi connectivity index (χ3v) is 2.63. The number of pyridine rings is 1. The number of hydrogen-bond acceptors (Lipinski definition) is 2. The highest BCUT2D eigenvalue weighted by molar-refractivity contribution is 6.34. The molecule has 0 aliphatic carbocycles. The Morgan fingerprint density at radius 1 is 1.39 bits per heavy atom. The minimum Gasteiger partial charge on any atom is -0.322 e. The lowest BCUT2D eigenvalue weighted by Crippen LogP contribution is -2.13. The van der Waals surface area contributed by atoms with Crippen LogP contribution in [-0.2, 0) is 0 Å². The molecule has 0 aliphatic heterocycles. The van der Waals surface area contributed by atoms with E-state index < -0.39 is 11.7 Å². The van der Waals surface area contributed by atoms with E-state index >= 15 is 0 Å². The molecule has 0 radical (unpaired) electrons. The zero-order valence-electron chi connectivity index (χ0n) is 9.58. The van der Waals surface area contributed by atoms with Gasteiger partial charge in [-0.25, -0.2) is 4.39 Å². The molecule has 0 bridgehead atoms. The maximum atomic E-state index is 13.0. The first kappa shape index (κ1) is 12.5. The number of aryl methyl sites for hydroxylation is 1. The third kappa shape index (κ3) is 2.84. The molecule has 0 saturated carbocycles. The summed E-state index contributed by atoms with van der Waals surface area (Å²) < 4.78 is 13.0. The van der Waals surface area contributed by atoms with E-state index in [0.29, 0.717) is 10.7 Å². The Hall–Kier alpha value is -1.94. The maximum Gasteiger partial charge on any atom is 0.258 e. The summed E-state index contributed by atoms with van der Waals surface area (Å²) in [4.78, 5) is 15.9. The smallest absolute Gasteiger partial charge is 0.258 e. The minimum absolute atomic E-state index is 0.256. The van der Waals surface area contributed by atoms with Crippen molar-refractivity contribution in [1.82, 2.24) is 4.98 Å². The van der Waals surface area contributed by atoms with Crippen LogP contribution in [0.25, 0.3) is 0 Å². The molecule has 1 N–H and O–H groups in total. The lowest BCUT2D eigenvalue weighted by atomic mass is 10.2. The molecule has 0 aliphatic rings. The summed E-state index contributed by atoms with van der Waals surface area (Å²) in [5.74, 6) is -0.834. The van der Waals surface area contributed by atoms with Gasteiger partial charge in [-0.05, 0) is 31.2 Å². The number of aromatic nitrogens is 1. The van der Waals surface area contributed by atoms with E-state index in [1.165, 1.54) is 24.4 Å². The second-order valence-electron chi connectivity index (χ2n) is 3.77. The van der Waals surface area contributed by atoms with Crippen molar-refractivity contribution in [3.05, 3.63) is 58.6 Å². The number of hydrogen-bond donors (Lipinski definition) is 1. The van der Waals surface area contributed by atoms with Gasteiger partial charge >= 0.3 is 0 Å².